The topological polar surface area (TPSA) is 51.4 Å². The van der Waals surface area contributed by atoms with Gasteiger partial charge < -0.3 is 0 Å². The molecular formula is H2O3S. The van der Waals surface area contributed by atoms with E-state index in [1.54, 1.807) is 4.75 Å². The lowest BCUT2D eigenvalue weighted by atomic mass is 14.8. The molecule has 0 aliphatic carbocycles. The highest BCUT2D eigenvalue weighted by atomic mass is 32.1. The van der Waals surface area contributed by atoms with E-state index in [1.807, 2.05) is 0 Å². The first kappa shape index (κ1) is 9.26. The van der Waals surface area contributed by atoms with Gasteiger partial charge in [0, 0.05) is 0 Å². The fraction of sp³-hybridized carbons (Fsp3) is 0. The number of hydrogen-bond acceptors (Lipinski definition) is 2. The smallest absolute Gasteiger partial charge is 0.154 e. The average Bonchev–Trinajstić information content (AvgIpc) is 0.918. The Labute approximate surface area is 29.5 Å². The molecule has 26 valence electrons. The number of rotatable bonds is 0. The van der Waals surface area contributed by atoms with Gasteiger partial charge in [0.15, 0.2) is 4.75 Å². The molecule has 0 saturated carbocycles. The van der Waals surface area contributed by atoms with Crippen LogP contribution in [0.5, 0.6) is 0 Å². The van der Waals surface area contributed by atoms with E-state index in [0.29, 0.717) is 0 Å². The number of hydrogen-bond donors (Lipinski definition) is 0. The molecule has 0 bridgehead atoms. The second-order valence-corrected chi connectivity index (χ2v) is 0.0680. The summed E-state index contributed by atoms with van der Waals surface area (Å²) in [7, 11) is 0. The van der Waals surface area contributed by atoms with Crippen LogP contribution in [0.3, 0.4) is 0 Å². The van der Waals surface area contributed by atoms with Crippen LogP contribution >= 0.6 is 13.5 Å². The monoisotopic (exact) mass is 82.0 g/mol. The van der Waals surface area contributed by atoms with E-state index < -0.39 is 0 Å². The standard InChI is InChI=1S/O3.H2S/c1-3-2;/h;1H2. The summed E-state index contributed by atoms with van der Waals surface area (Å²) in [5.41, 5.74) is 0. The highest BCUT2D eigenvalue weighted by Gasteiger charge is 1.27. The van der Waals surface area contributed by atoms with Gasteiger partial charge in [-0.05, 0) is 0 Å². The molecule has 0 rings (SSSR count). The second-order valence-electron chi connectivity index (χ2n) is 0.0680. The molecule has 0 aromatic carbocycles. The zero-order valence-corrected chi connectivity index (χ0v) is 2.72. The van der Waals surface area contributed by atoms with Crippen molar-refractivity contribution in [2.75, 3.05) is 0 Å². The maximum atomic E-state index is 7.88. The summed E-state index contributed by atoms with van der Waals surface area (Å²) in [6.07, 6.45) is 0. The summed E-state index contributed by atoms with van der Waals surface area (Å²) >= 11 is 0. The second kappa shape index (κ2) is 15.0. The molecule has 0 spiro atoms. The minimum absolute atomic E-state index is 0. The van der Waals surface area contributed by atoms with Gasteiger partial charge in [0.05, 0.1) is 0 Å². The molecule has 0 unspecified atom stereocenters. The largest absolute Gasteiger partial charge is 0.197 e. The Morgan fingerprint density at radius 1 is 1.75 bits per heavy atom. The van der Waals surface area contributed by atoms with E-state index in [0.717, 1.165) is 0 Å². The predicted molar refractivity (Wildman–Crippen MR) is 17.1 cm³/mol. The third-order valence-corrected chi connectivity index (χ3v) is 0. The van der Waals surface area contributed by atoms with E-state index >= 15 is 0 Å². The molecule has 0 radical (unpaired) electrons. The van der Waals surface area contributed by atoms with Gasteiger partial charge in [0.25, 0.3) is 0 Å². The SMILES string of the molecule is O=[O+][O-].S. The Bertz CT molecular complexity index is 10.8. The molecule has 0 heterocycles. The fourth-order valence-electron chi connectivity index (χ4n) is 0. The molecule has 4 heavy (non-hydrogen) atoms. The van der Waals surface area contributed by atoms with Gasteiger partial charge in [-0.1, -0.05) is 10.2 Å². The molecule has 0 aliphatic heterocycles. The van der Waals surface area contributed by atoms with Crippen LogP contribution in [0.15, 0.2) is 0 Å². The molecule has 0 saturated heterocycles. The lowest BCUT2D eigenvalue weighted by Crippen LogP contribution is -1.82. The molecule has 3 nitrogen and oxygen atoms in total. The summed E-state index contributed by atoms with van der Waals surface area (Å²) in [6, 6.07) is 0. The Morgan fingerprint density at radius 2 is 1.75 bits per heavy atom. The summed E-state index contributed by atoms with van der Waals surface area (Å²) < 4.78 is 1.75. The summed E-state index contributed by atoms with van der Waals surface area (Å²) in [5, 5.41) is 7.88. The van der Waals surface area contributed by atoms with Crippen molar-refractivity contribution in [3.8, 4) is 0 Å². The third-order valence-electron chi connectivity index (χ3n) is 0. The van der Waals surface area contributed by atoms with E-state index in [9.17, 15) is 0 Å². The molecule has 0 fully saturated rings. The molecular weight excluding hydrogens is 80.1 g/mol. The van der Waals surface area contributed by atoms with E-state index in [2.05, 4.69) is 0 Å². The Kier molecular flexibility index (Phi) is 34.7. The zero-order chi connectivity index (χ0) is 2.71. The normalized spacial score (nSPS) is 3.00. The molecule has 0 atom stereocenters. The van der Waals surface area contributed by atoms with Crippen LogP contribution in [-0.4, -0.2) is 0 Å². The van der Waals surface area contributed by atoms with Crippen molar-refractivity contribution in [3.63, 3.8) is 0 Å². The van der Waals surface area contributed by atoms with Crippen molar-refractivity contribution < 1.29 is 5.26 Å². The van der Waals surface area contributed by atoms with Gasteiger partial charge in [-0.15, -0.1) is 0 Å². The van der Waals surface area contributed by atoms with Crippen molar-refractivity contribution >= 4 is 13.5 Å². The summed E-state index contributed by atoms with van der Waals surface area (Å²) in [4.78, 5) is 7.88. The maximum Gasteiger partial charge on any atom is 0.154 e. The van der Waals surface area contributed by atoms with Crippen molar-refractivity contribution in [1.29, 1.82) is 0 Å². The minimum Gasteiger partial charge on any atom is -0.197 e. The van der Waals surface area contributed by atoms with E-state index in [1.165, 1.54) is 0 Å². The maximum absolute atomic E-state index is 7.88. The van der Waals surface area contributed by atoms with Gasteiger partial charge >= 0.3 is 0 Å². The zero-order valence-electron chi connectivity index (χ0n) is 1.72. The van der Waals surface area contributed by atoms with Crippen LogP contribution in [-0.2, 0) is 0 Å². The Hall–Kier alpha value is -0.250. The first-order valence-electron chi connectivity index (χ1n) is 0.333. The van der Waals surface area contributed by atoms with Crippen molar-refractivity contribution in [2.45, 2.75) is 0 Å². The molecule has 0 aromatic heterocycles. The predicted octanol–water partition coefficient (Wildman–Crippen LogP) is -1.01. The first-order valence-corrected chi connectivity index (χ1v) is 0.333. The highest BCUT2D eigenvalue weighted by Crippen LogP contribution is 1.00. The highest BCUT2D eigenvalue weighted by molar-refractivity contribution is 7.59. The fourth-order valence-corrected chi connectivity index (χ4v) is 0. The third kappa shape index (κ3) is 15.7. The molecule has 0 aromatic rings. The first-order chi connectivity index (χ1) is 1.41. The molecule has 0 amide bonds. The van der Waals surface area contributed by atoms with E-state index in [-0.39, 0.29) is 13.5 Å². The van der Waals surface area contributed by atoms with Crippen LogP contribution < -0.4 is 5.26 Å². The lowest BCUT2D eigenvalue weighted by Gasteiger charge is -1.19. The van der Waals surface area contributed by atoms with Gasteiger partial charge in [-0.25, -0.2) is 0 Å². The van der Waals surface area contributed by atoms with Crippen LogP contribution in [0.4, 0.5) is 0 Å². The Morgan fingerprint density at radius 3 is 1.75 bits per heavy atom. The molecule has 0 aliphatic rings. The van der Waals surface area contributed by atoms with Crippen LogP contribution in [0.1, 0.15) is 0 Å². The Balaban J connectivity index is 0. The van der Waals surface area contributed by atoms with Crippen LogP contribution in [0.2, 0.25) is 0 Å². The minimum atomic E-state index is 0. The lowest BCUT2D eigenvalue weighted by molar-refractivity contribution is -0.284. The molecule has 0 N–H and O–H groups in total. The van der Waals surface area contributed by atoms with Crippen LogP contribution in [0.25, 0.3) is 0 Å². The van der Waals surface area contributed by atoms with Crippen molar-refractivity contribution in [1.82, 2.24) is 0 Å². The van der Waals surface area contributed by atoms with Crippen molar-refractivity contribution in [2.24, 2.45) is 0 Å². The summed E-state index contributed by atoms with van der Waals surface area (Å²) in [6.45, 7) is 0. The van der Waals surface area contributed by atoms with E-state index in [4.69, 9.17) is 10.2 Å². The van der Waals surface area contributed by atoms with Crippen LogP contribution in [0, 0.1) is 9.71 Å². The summed E-state index contributed by atoms with van der Waals surface area (Å²) in [5.74, 6) is 0. The molecule has 4 heteroatoms. The quantitative estimate of drug-likeness (QED) is 0.213. The van der Waals surface area contributed by atoms with Gasteiger partial charge in [-0.2, -0.15) is 13.5 Å². The van der Waals surface area contributed by atoms with Gasteiger partial charge in [0.1, 0.15) is 0 Å². The van der Waals surface area contributed by atoms with Gasteiger partial charge in [-0.3, -0.25) is 0 Å². The van der Waals surface area contributed by atoms with Gasteiger partial charge in [0.2, 0.25) is 0 Å². The average molecular weight is 82.1 g/mol. The van der Waals surface area contributed by atoms with Crippen molar-refractivity contribution in [3.05, 3.63) is 9.71 Å².